The van der Waals surface area contributed by atoms with Crippen LogP contribution in [-0.4, -0.2) is 33.1 Å². The Morgan fingerprint density at radius 1 is 1.25 bits per heavy atom. The minimum atomic E-state index is -4.08. The minimum Gasteiger partial charge on any atom is -0.497 e. The van der Waals surface area contributed by atoms with Gasteiger partial charge in [0.25, 0.3) is 10.0 Å². The van der Waals surface area contributed by atoms with Gasteiger partial charge >= 0.3 is 5.97 Å². The molecule has 0 unspecified atom stereocenters. The summed E-state index contributed by atoms with van der Waals surface area (Å²) in [6.07, 6.45) is 0. The van der Waals surface area contributed by atoms with E-state index in [1.165, 1.54) is 43.5 Å². The van der Waals surface area contributed by atoms with E-state index in [0.717, 1.165) is 4.31 Å². The molecule has 2 aromatic carbocycles. The molecule has 0 amide bonds. The van der Waals surface area contributed by atoms with Gasteiger partial charge in [-0.05, 0) is 58.4 Å². The van der Waals surface area contributed by atoms with Crippen molar-refractivity contribution in [2.24, 2.45) is 0 Å². The van der Waals surface area contributed by atoms with Crippen molar-refractivity contribution in [1.82, 2.24) is 0 Å². The predicted molar refractivity (Wildman–Crippen MR) is 94.3 cm³/mol. The summed E-state index contributed by atoms with van der Waals surface area (Å²) in [6.45, 7) is -0.730. The van der Waals surface area contributed by atoms with Gasteiger partial charge < -0.3 is 9.84 Å². The van der Waals surface area contributed by atoms with Crippen molar-refractivity contribution in [3.05, 3.63) is 52.0 Å². The lowest BCUT2D eigenvalue weighted by Crippen LogP contribution is -2.35. The number of hydrogen-bond donors (Lipinski definition) is 1. The number of benzene rings is 2. The molecule has 6 nitrogen and oxygen atoms in total. The summed E-state index contributed by atoms with van der Waals surface area (Å²) in [5.41, 5.74) is 0.154. The fourth-order valence-electron chi connectivity index (χ4n) is 1.95. The molecular weight excluding hydrogens is 422 g/mol. The highest BCUT2D eigenvalue weighted by molar-refractivity contribution is 9.10. The third kappa shape index (κ3) is 4.00. The van der Waals surface area contributed by atoms with Gasteiger partial charge in [-0.2, -0.15) is 0 Å². The van der Waals surface area contributed by atoms with Gasteiger partial charge in [0.05, 0.1) is 22.7 Å². The molecule has 0 aliphatic rings. The molecule has 0 aliphatic carbocycles. The first-order chi connectivity index (χ1) is 11.3. The number of anilines is 1. The van der Waals surface area contributed by atoms with Crippen LogP contribution in [0.2, 0.25) is 5.02 Å². The standard InChI is InChI=1S/C15H13BrClNO5S/c1-23-11-3-5-12(6-4-11)24(21,22)18(9-15(19)20)10-2-7-13(16)14(17)8-10/h2-8H,9H2,1H3,(H,19,20). The van der Waals surface area contributed by atoms with Gasteiger partial charge in [-0.3, -0.25) is 9.10 Å². The minimum absolute atomic E-state index is 0.0522. The van der Waals surface area contributed by atoms with E-state index in [2.05, 4.69) is 15.9 Å². The zero-order valence-electron chi connectivity index (χ0n) is 12.4. The second-order valence-corrected chi connectivity index (χ2v) is 7.80. The summed E-state index contributed by atoms with van der Waals surface area (Å²) >= 11 is 9.21. The van der Waals surface area contributed by atoms with Crippen molar-refractivity contribution in [1.29, 1.82) is 0 Å². The number of ether oxygens (including phenoxy) is 1. The Morgan fingerprint density at radius 2 is 1.88 bits per heavy atom. The zero-order valence-corrected chi connectivity index (χ0v) is 15.6. The number of aliphatic carboxylic acids is 1. The number of carbonyl (C=O) groups is 1. The lowest BCUT2D eigenvalue weighted by atomic mass is 10.3. The smallest absolute Gasteiger partial charge is 0.324 e. The number of hydrogen-bond acceptors (Lipinski definition) is 4. The van der Waals surface area contributed by atoms with Crippen LogP contribution in [-0.2, 0) is 14.8 Å². The molecule has 0 spiro atoms. The Morgan fingerprint density at radius 3 is 2.38 bits per heavy atom. The fraction of sp³-hybridized carbons (Fsp3) is 0.133. The van der Waals surface area contributed by atoms with Gasteiger partial charge in [-0.25, -0.2) is 8.42 Å². The highest BCUT2D eigenvalue weighted by Gasteiger charge is 2.27. The number of sulfonamides is 1. The maximum Gasteiger partial charge on any atom is 0.324 e. The van der Waals surface area contributed by atoms with Crippen LogP contribution in [0.1, 0.15) is 0 Å². The predicted octanol–water partition coefficient (Wildman–Crippen LogP) is 3.39. The van der Waals surface area contributed by atoms with Gasteiger partial charge in [0.15, 0.2) is 0 Å². The quantitative estimate of drug-likeness (QED) is 0.753. The summed E-state index contributed by atoms with van der Waals surface area (Å²) in [6, 6.07) is 10.1. The van der Waals surface area contributed by atoms with Crippen molar-refractivity contribution in [3.8, 4) is 5.75 Å². The number of nitrogens with zero attached hydrogens (tertiary/aromatic N) is 1. The van der Waals surface area contributed by atoms with Crippen molar-refractivity contribution in [3.63, 3.8) is 0 Å². The third-order valence-electron chi connectivity index (χ3n) is 3.12. The first-order valence-corrected chi connectivity index (χ1v) is 9.20. The highest BCUT2D eigenvalue weighted by atomic mass is 79.9. The van der Waals surface area contributed by atoms with Gasteiger partial charge in [-0.15, -0.1) is 0 Å². The second-order valence-electron chi connectivity index (χ2n) is 4.68. The van der Waals surface area contributed by atoms with Crippen molar-refractivity contribution in [2.45, 2.75) is 4.90 Å². The summed E-state index contributed by atoms with van der Waals surface area (Å²) in [7, 11) is -2.62. The molecule has 2 rings (SSSR count). The highest BCUT2D eigenvalue weighted by Crippen LogP contribution is 2.31. The maximum atomic E-state index is 12.8. The van der Waals surface area contributed by atoms with Crippen molar-refractivity contribution in [2.75, 3.05) is 18.0 Å². The average Bonchev–Trinajstić information content (AvgIpc) is 2.55. The van der Waals surface area contributed by atoms with Crippen molar-refractivity contribution < 1.29 is 23.1 Å². The summed E-state index contributed by atoms with van der Waals surface area (Å²) in [4.78, 5) is 11.1. The van der Waals surface area contributed by atoms with Gasteiger partial charge in [0.2, 0.25) is 0 Å². The van der Waals surface area contributed by atoms with E-state index >= 15 is 0 Å². The van der Waals surface area contributed by atoms with Crippen LogP contribution in [0.4, 0.5) is 5.69 Å². The van der Waals surface area contributed by atoms with E-state index < -0.39 is 22.5 Å². The van der Waals surface area contributed by atoms with Crippen LogP contribution in [0, 0.1) is 0 Å². The molecule has 9 heteroatoms. The number of carboxylic acids is 1. The van der Waals surface area contributed by atoms with E-state index in [-0.39, 0.29) is 15.6 Å². The molecule has 1 N–H and O–H groups in total. The van der Waals surface area contributed by atoms with Crippen LogP contribution in [0.3, 0.4) is 0 Å². The summed E-state index contributed by atoms with van der Waals surface area (Å²) in [5.74, 6) is -0.795. The fourth-order valence-corrected chi connectivity index (χ4v) is 3.78. The van der Waals surface area contributed by atoms with E-state index in [9.17, 15) is 13.2 Å². The number of carboxylic acid groups (broad SMARTS) is 1. The normalized spacial score (nSPS) is 11.1. The Balaban J connectivity index is 2.52. The zero-order chi connectivity index (χ0) is 17.9. The number of methoxy groups -OCH3 is 1. The van der Waals surface area contributed by atoms with E-state index in [0.29, 0.717) is 10.2 Å². The second kappa shape index (κ2) is 7.42. The molecule has 0 saturated carbocycles. The maximum absolute atomic E-state index is 12.8. The Labute approximate surface area is 152 Å². The molecular formula is C15H13BrClNO5S. The van der Waals surface area contributed by atoms with Crippen molar-refractivity contribution >= 4 is 49.2 Å². The molecule has 0 aliphatic heterocycles. The summed E-state index contributed by atoms with van der Waals surface area (Å²) < 4.78 is 32.0. The monoisotopic (exact) mass is 433 g/mol. The van der Waals surface area contributed by atoms with E-state index in [1.807, 2.05) is 0 Å². The topological polar surface area (TPSA) is 83.9 Å². The Kier molecular flexibility index (Phi) is 5.74. The lowest BCUT2D eigenvalue weighted by Gasteiger charge is -2.23. The largest absolute Gasteiger partial charge is 0.497 e. The molecule has 0 fully saturated rings. The molecule has 128 valence electrons. The summed E-state index contributed by atoms with van der Waals surface area (Å²) in [5, 5.41) is 9.36. The molecule has 0 aromatic heterocycles. The lowest BCUT2D eigenvalue weighted by molar-refractivity contribution is -0.135. The number of halogens is 2. The molecule has 0 atom stereocenters. The molecule has 24 heavy (non-hydrogen) atoms. The SMILES string of the molecule is COc1ccc(S(=O)(=O)N(CC(=O)O)c2ccc(Br)c(Cl)c2)cc1. The van der Waals surface area contributed by atoms with E-state index in [1.54, 1.807) is 6.07 Å². The average molecular weight is 435 g/mol. The van der Waals surface area contributed by atoms with Gasteiger partial charge in [-0.1, -0.05) is 11.6 Å². The first kappa shape index (κ1) is 18.6. The van der Waals surface area contributed by atoms with Crippen LogP contribution in [0.15, 0.2) is 51.8 Å². The number of rotatable bonds is 6. The molecule has 0 saturated heterocycles. The van der Waals surface area contributed by atoms with Crippen LogP contribution < -0.4 is 9.04 Å². The first-order valence-electron chi connectivity index (χ1n) is 6.59. The molecule has 2 aromatic rings. The molecule has 0 bridgehead atoms. The van der Waals surface area contributed by atoms with Crippen LogP contribution >= 0.6 is 27.5 Å². The van der Waals surface area contributed by atoms with E-state index in [4.69, 9.17) is 21.4 Å². The van der Waals surface area contributed by atoms with Crippen LogP contribution in [0.5, 0.6) is 5.75 Å². The Bertz CT molecular complexity index is 855. The molecule has 0 radical (unpaired) electrons. The molecule has 0 heterocycles. The van der Waals surface area contributed by atoms with Gasteiger partial charge in [0, 0.05) is 4.47 Å². The Hall–Kier alpha value is -1.77. The van der Waals surface area contributed by atoms with Gasteiger partial charge in [0.1, 0.15) is 12.3 Å². The van der Waals surface area contributed by atoms with Crippen LogP contribution in [0.25, 0.3) is 0 Å². The third-order valence-corrected chi connectivity index (χ3v) is 6.14.